The standard InChI is InChI=1S/C7H11N3O2/c1-3-5-9-4(2)6(7(11)12)10(5)8/h3,8H2,1-2H3,(H,11,12). The van der Waals surface area contributed by atoms with Crippen LogP contribution in [-0.4, -0.2) is 20.7 Å². The molecule has 0 fully saturated rings. The maximum absolute atomic E-state index is 10.6. The highest BCUT2D eigenvalue weighted by Crippen LogP contribution is 2.07. The number of nitrogens with two attached hydrogens (primary N) is 1. The van der Waals surface area contributed by atoms with Crippen LogP contribution in [0.2, 0.25) is 0 Å². The molecule has 0 unspecified atom stereocenters. The van der Waals surface area contributed by atoms with Crippen molar-refractivity contribution in [2.45, 2.75) is 20.3 Å². The van der Waals surface area contributed by atoms with Crippen molar-refractivity contribution in [2.75, 3.05) is 5.84 Å². The Hall–Kier alpha value is -1.52. The Morgan fingerprint density at radius 3 is 2.58 bits per heavy atom. The first-order chi connectivity index (χ1) is 5.57. The van der Waals surface area contributed by atoms with E-state index in [-0.39, 0.29) is 5.69 Å². The molecule has 1 aromatic heterocycles. The van der Waals surface area contributed by atoms with Crippen molar-refractivity contribution < 1.29 is 9.90 Å². The summed E-state index contributed by atoms with van der Waals surface area (Å²) in [6.07, 6.45) is 0.630. The predicted molar refractivity (Wildman–Crippen MR) is 43.5 cm³/mol. The van der Waals surface area contributed by atoms with Crippen LogP contribution in [-0.2, 0) is 6.42 Å². The SMILES string of the molecule is CCc1nc(C)c(C(=O)O)n1N. The number of imidazole rings is 1. The van der Waals surface area contributed by atoms with Crippen LogP contribution in [0.15, 0.2) is 0 Å². The third kappa shape index (κ3) is 1.13. The van der Waals surface area contributed by atoms with E-state index in [0.29, 0.717) is 17.9 Å². The minimum atomic E-state index is -1.04. The number of hydrogen-bond donors (Lipinski definition) is 2. The summed E-state index contributed by atoms with van der Waals surface area (Å²) >= 11 is 0. The van der Waals surface area contributed by atoms with E-state index >= 15 is 0 Å². The zero-order valence-corrected chi connectivity index (χ0v) is 7.03. The van der Waals surface area contributed by atoms with Gasteiger partial charge in [0.05, 0.1) is 5.69 Å². The second-order valence-electron chi connectivity index (χ2n) is 2.49. The molecule has 1 heterocycles. The summed E-state index contributed by atoms with van der Waals surface area (Å²) in [6.45, 7) is 3.50. The number of nitrogen functional groups attached to an aromatic ring is 1. The quantitative estimate of drug-likeness (QED) is 0.618. The van der Waals surface area contributed by atoms with E-state index in [9.17, 15) is 4.79 Å². The molecule has 0 radical (unpaired) electrons. The van der Waals surface area contributed by atoms with Gasteiger partial charge in [-0.1, -0.05) is 6.92 Å². The molecule has 66 valence electrons. The molecule has 0 saturated heterocycles. The molecule has 0 saturated carbocycles. The van der Waals surface area contributed by atoms with Gasteiger partial charge >= 0.3 is 5.97 Å². The molecule has 0 bridgehead atoms. The van der Waals surface area contributed by atoms with Crippen LogP contribution in [0, 0.1) is 6.92 Å². The lowest BCUT2D eigenvalue weighted by Gasteiger charge is -1.99. The first-order valence-electron chi connectivity index (χ1n) is 3.64. The average Bonchev–Trinajstić information content (AvgIpc) is 2.25. The van der Waals surface area contributed by atoms with Gasteiger partial charge in [0.2, 0.25) is 0 Å². The minimum Gasteiger partial charge on any atom is -0.476 e. The summed E-state index contributed by atoms with van der Waals surface area (Å²) in [5.41, 5.74) is 0.522. The van der Waals surface area contributed by atoms with E-state index in [1.807, 2.05) is 6.92 Å². The van der Waals surface area contributed by atoms with Crippen molar-refractivity contribution in [2.24, 2.45) is 0 Å². The number of carbonyl (C=O) groups is 1. The van der Waals surface area contributed by atoms with Crippen molar-refractivity contribution in [3.05, 3.63) is 17.2 Å². The number of carboxylic acid groups (broad SMARTS) is 1. The van der Waals surface area contributed by atoms with E-state index in [1.54, 1.807) is 6.92 Å². The maximum Gasteiger partial charge on any atom is 0.356 e. The molecule has 1 aromatic rings. The van der Waals surface area contributed by atoms with Gasteiger partial charge in [-0.3, -0.25) is 0 Å². The third-order valence-corrected chi connectivity index (χ3v) is 1.68. The Bertz CT molecular complexity index is 317. The van der Waals surface area contributed by atoms with Gasteiger partial charge in [-0.25, -0.2) is 14.5 Å². The summed E-state index contributed by atoms with van der Waals surface area (Å²) in [7, 11) is 0. The van der Waals surface area contributed by atoms with E-state index in [4.69, 9.17) is 10.9 Å². The fourth-order valence-electron chi connectivity index (χ4n) is 1.11. The zero-order chi connectivity index (χ0) is 9.30. The van der Waals surface area contributed by atoms with Crippen LogP contribution < -0.4 is 5.84 Å². The second kappa shape index (κ2) is 2.84. The number of carboxylic acids is 1. The van der Waals surface area contributed by atoms with Crippen LogP contribution >= 0.6 is 0 Å². The van der Waals surface area contributed by atoms with Crippen LogP contribution in [0.4, 0.5) is 0 Å². The number of rotatable bonds is 2. The van der Waals surface area contributed by atoms with Crippen molar-refractivity contribution in [3.8, 4) is 0 Å². The number of nitrogens with zero attached hydrogens (tertiary/aromatic N) is 2. The lowest BCUT2D eigenvalue weighted by molar-refractivity contribution is 0.0686. The highest BCUT2D eigenvalue weighted by Gasteiger charge is 2.16. The molecular weight excluding hydrogens is 158 g/mol. The van der Waals surface area contributed by atoms with Crippen LogP contribution in [0.5, 0.6) is 0 Å². The monoisotopic (exact) mass is 169 g/mol. The average molecular weight is 169 g/mol. The molecule has 3 N–H and O–H groups in total. The van der Waals surface area contributed by atoms with Crippen LogP contribution in [0.3, 0.4) is 0 Å². The van der Waals surface area contributed by atoms with Gasteiger partial charge in [0.1, 0.15) is 5.82 Å². The van der Waals surface area contributed by atoms with Crippen LogP contribution in [0.1, 0.15) is 28.9 Å². The lowest BCUT2D eigenvalue weighted by Crippen LogP contribution is -2.19. The molecule has 0 aliphatic carbocycles. The largest absolute Gasteiger partial charge is 0.476 e. The fourth-order valence-corrected chi connectivity index (χ4v) is 1.11. The van der Waals surface area contributed by atoms with Gasteiger partial charge in [0.15, 0.2) is 5.69 Å². The molecule has 5 heteroatoms. The van der Waals surface area contributed by atoms with E-state index in [1.165, 1.54) is 0 Å². The molecule has 0 atom stereocenters. The lowest BCUT2D eigenvalue weighted by atomic mass is 10.3. The predicted octanol–water partition coefficient (Wildman–Crippen LogP) is 0.166. The summed E-state index contributed by atoms with van der Waals surface area (Å²) in [4.78, 5) is 14.6. The summed E-state index contributed by atoms with van der Waals surface area (Å²) in [5.74, 6) is 5.04. The van der Waals surface area contributed by atoms with Gasteiger partial charge in [-0.05, 0) is 6.92 Å². The molecule has 0 aliphatic heterocycles. The number of aromatic carboxylic acids is 1. The summed E-state index contributed by atoms with van der Waals surface area (Å²) < 4.78 is 1.12. The number of aromatic nitrogens is 2. The first kappa shape index (κ1) is 8.58. The summed E-state index contributed by atoms with van der Waals surface area (Å²) in [6, 6.07) is 0. The Morgan fingerprint density at radius 2 is 2.33 bits per heavy atom. The van der Waals surface area contributed by atoms with Crippen molar-refractivity contribution in [1.29, 1.82) is 0 Å². The van der Waals surface area contributed by atoms with E-state index < -0.39 is 5.97 Å². The van der Waals surface area contributed by atoms with Gasteiger partial charge in [-0.2, -0.15) is 0 Å². The van der Waals surface area contributed by atoms with Crippen molar-refractivity contribution >= 4 is 5.97 Å². The van der Waals surface area contributed by atoms with Crippen LogP contribution in [0.25, 0.3) is 0 Å². The highest BCUT2D eigenvalue weighted by molar-refractivity contribution is 5.87. The molecule has 12 heavy (non-hydrogen) atoms. The zero-order valence-electron chi connectivity index (χ0n) is 7.03. The van der Waals surface area contributed by atoms with Crippen molar-refractivity contribution in [3.63, 3.8) is 0 Å². The van der Waals surface area contributed by atoms with Gasteiger partial charge in [-0.15, -0.1) is 0 Å². The first-order valence-corrected chi connectivity index (χ1v) is 3.64. The number of hydrogen-bond acceptors (Lipinski definition) is 3. The molecule has 0 aromatic carbocycles. The smallest absolute Gasteiger partial charge is 0.356 e. The van der Waals surface area contributed by atoms with Crippen molar-refractivity contribution in [1.82, 2.24) is 9.66 Å². The molecular formula is C7H11N3O2. The maximum atomic E-state index is 10.6. The normalized spacial score (nSPS) is 10.2. The molecule has 5 nitrogen and oxygen atoms in total. The molecule has 1 rings (SSSR count). The third-order valence-electron chi connectivity index (χ3n) is 1.68. The molecule has 0 aliphatic rings. The Balaban J connectivity index is 3.28. The Labute approximate surface area is 69.8 Å². The minimum absolute atomic E-state index is 0.0619. The highest BCUT2D eigenvalue weighted by atomic mass is 16.4. The molecule has 0 amide bonds. The molecule has 0 spiro atoms. The second-order valence-corrected chi connectivity index (χ2v) is 2.49. The fraction of sp³-hybridized carbons (Fsp3) is 0.429. The van der Waals surface area contributed by atoms with E-state index in [0.717, 1.165) is 4.68 Å². The Kier molecular flexibility index (Phi) is 2.03. The Morgan fingerprint density at radius 1 is 1.75 bits per heavy atom. The topological polar surface area (TPSA) is 81.1 Å². The van der Waals surface area contributed by atoms with E-state index in [2.05, 4.69) is 4.98 Å². The number of aryl methyl sites for hydroxylation is 2. The van der Waals surface area contributed by atoms with Gasteiger partial charge in [0, 0.05) is 6.42 Å². The summed E-state index contributed by atoms with van der Waals surface area (Å²) in [5, 5.41) is 8.71. The van der Waals surface area contributed by atoms with Gasteiger partial charge < -0.3 is 10.9 Å². The van der Waals surface area contributed by atoms with Gasteiger partial charge in [0.25, 0.3) is 0 Å².